The van der Waals surface area contributed by atoms with Gasteiger partial charge in [0.25, 0.3) is 0 Å². The van der Waals surface area contributed by atoms with Crippen LogP contribution in [0.1, 0.15) is 66.2 Å². The molecule has 19 heavy (non-hydrogen) atoms. The summed E-state index contributed by atoms with van der Waals surface area (Å²) < 4.78 is 0. The van der Waals surface area contributed by atoms with Gasteiger partial charge in [0.2, 0.25) is 0 Å². The summed E-state index contributed by atoms with van der Waals surface area (Å²) in [6, 6.07) is 0.576. The Morgan fingerprint density at radius 1 is 1.21 bits per heavy atom. The summed E-state index contributed by atoms with van der Waals surface area (Å²) in [5.74, 6) is 0. The van der Waals surface area contributed by atoms with Gasteiger partial charge in [0.1, 0.15) is 0 Å². The standard InChI is InChI=1S/C17H34N2/c1-6-13-18-16(14-15(4)5)17(11-9-10-12-17)19(7-2)8-3/h16,18H,4,6-14H2,1-3,5H3. The number of hydrogen-bond donors (Lipinski definition) is 1. The minimum atomic E-state index is 0.373. The summed E-state index contributed by atoms with van der Waals surface area (Å²) in [7, 11) is 0. The summed E-state index contributed by atoms with van der Waals surface area (Å²) >= 11 is 0. The van der Waals surface area contributed by atoms with Crippen LogP contribution in [-0.2, 0) is 0 Å². The van der Waals surface area contributed by atoms with Crippen LogP contribution in [0.15, 0.2) is 12.2 Å². The monoisotopic (exact) mass is 266 g/mol. The number of nitrogens with one attached hydrogen (secondary N) is 1. The van der Waals surface area contributed by atoms with Gasteiger partial charge in [-0.1, -0.05) is 39.2 Å². The van der Waals surface area contributed by atoms with Crippen molar-refractivity contribution in [3.8, 4) is 0 Å². The molecule has 2 nitrogen and oxygen atoms in total. The van der Waals surface area contributed by atoms with Crippen molar-refractivity contribution in [1.29, 1.82) is 0 Å². The van der Waals surface area contributed by atoms with E-state index >= 15 is 0 Å². The normalized spacial score (nSPS) is 19.8. The Bertz CT molecular complexity index is 262. The lowest BCUT2D eigenvalue weighted by Gasteiger charge is -2.47. The van der Waals surface area contributed by atoms with Gasteiger partial charge in [-0.25, -0.2) is 0 Å². The van der Waals surface area contributed by atoms with Gasteiger partial charge in [-0.2, -0.15) is 0 Å². The molecule has 2 heteroatoms. The zero-order chi connectivity index (χ0) is 14.3. The van der Waals surface area contributed by atoms with Gasteiger partial charge in [0, 0.05) is 11.6 Å². The van der Waals surface area contributed by atoms with Crippen molar-refractivity contribution in [2.75, 3.05) is 19.6 Å². The molecule has 1 saturated carbocycles. The van der Waals surface area contributed by atoms with E-state index in [1.807, 2.05) is 0 Å². The van der Waals surface area contributed by atoms with Gasteiger partial charge in [-0.15, -0.1) is 6.58 Å². The van der Waals surface area contributed by atoms with Crippen molar-refractivity contribution in [3.05, 3.63) is 12.2 Å². The fourth-order valence-corrected chi connectivity index (χ4v) is 3.84. The maximum atomic E-state index is 4.16. The third-order valence-corrected chi connectivity index (χ3v) is 4.70. The van der Waals surface area contributed by atoms with Gasteiger partial charge < -0.3 is 5.32 Å². The minimum Gasteiger partial charge on any atom is -0.312 e. The molecule has 0 spiro atoms. The molecule has 112 valence electrons. The second kappa shape index (κ2) is 8.06. The molecule has 0 radical (unpaired) electrons. The van der Waals surface area contributed by atoms with E-state index in [1.54, 1.807) is 0 Å². The molecular formula is C17H34N2. The summed E-state index contributed by atoms with van der Waals surface area (Å²) in [5.41, 5.74) is 1.68. The van der Waals surface area contributed by atoms with Gasteiger partial charge >= 0.3 is 0 Å². The molecule has 0 aromatic rings. The molecule has 0 bridgehead atoms. The fraction of sp³-hybridized carbons (Fsp3) is 0.882. The first-order chi connectivity index (χ1) is 9.10. The first-order valence-electron chi connectivity index (χ1n) is 8.23. The van der Waals surface area contributed by atoms with Gasteiger partial charge in [0.05, 0.1) is 0 Å². The number of rotatable bonds is 9. The van der Waals surface area contributed by atoms with Crippen LogP contribution in [0, 0.1) is 0 Å². The highest BCUT2D eigenvalue weighted by Gasteiger charge is 2.44. The molecule has 1 rings (SSSR count). The third kappa shape index (κ3) is 4.06. The first kappa shape index (κ1) is 16.7. The molecule has 1 aliphatic carbocycles. The van der Waals surface area contributed by atoms with Crippen LogP contribution in [0.3, 0.4) is 0 Å². The molecule has 0 saturated heterocycles. The molecule has 1 aliphatic rings. The highest BCUT2D eigenvalue weighted by atomic mass is 15.2. The van der Waals surface area contributed by atoms with Crippen LogP contribution in [-0.4, -0.2) is 36.1 Å². The zero-order valence-corrected chi connectivity index (χ0v) is 13.6. The first-order valence-corrected chi connectivity index (χ1v) is 8.23. The van der Waals surface area contributed by atoms with Crippen molar-refractivity contribution in [2.24, 2.45) is 0 Å². The molecule has 1 unspecified atom stereocenters. The predicted octanol–water partition coefficient (Wildman–Crippen LogP) is 3.98. The maximum absolute atomic E-state index is 4.16. The van der Waals surface area contributed by atoms with E-state index in [9.17, 15) is 0 Å². The molecule has 0 heterocycles. The summed E-state index contributed by atoms with van der Waals surface area (Å²) in [6.45, 7) is 16.7. The Hall–Kier alpha value is -0.340. The van der Waals surface area contributed by atoms with Gasteiger partial charge in [0.15, 0.2) is 0 Å². The second-order valence-electron chi connectivity index (χ2n) is 6.15. The van der Waals surface area contributed by atoms with Crippen LogP contribution in [0.4, 0.5) is 0 Å². The van der Waals surface area contributed by atoms with Crippen molar-refractivity contribution >= 4 is 0 Å². The molecular weight excluding hydrogens is 232 g/mol. The second-order valence-corrected chi connectivity index (χ2v) is 6.15. The van der Waals surface area contributed by atoms with Crippen LogP contribution in [0.25, 0.3) is 0 Å². The van der Waals surface area contributed by atoms with Crippen molar-refractivity contribution in [1.82, 2.24) is 10.2 Å². The lowest BCUT2D eigenvalue weighted by molar-refractivity contribution is 0.0630. The smallest absolute Gasteiger partial charge is 0.0365 e. The van der Waals surface area contributed by atoms with E-state index < -0.39 is 0 Å². The van der Waals surface area contributed by atoms with Crippen molar-refractivity contribution < 1.29 is 0 Å². The molecule has 1 fully saturated rings. The Balaban J connectivity index is 2.92. The van der Waals surface area contributed by atoms with Crippen LogP contribution in [0.5, 0.6) is 0 Å². The van der Waals surface area contributed by atoms with Crippen molar-refractivity contribution in [2.45, 2.75) is 77.8 Å². The lowest BCUT2D eigenvalue weighted by atomic mass is 9.82. The average Bonchev–Trinajstić information content (AvgIpc) is 2.86. The van der Waals surface area contributed by atoms with Crippen LogP contribution >= 0.6 is 0 Å². The van der Waals surface area contributed by atoms with Crippen LogP contribution in [0.2, 0.25) is 0 Å². The highest BCUT2D eigenvalue weighted by molar-refractivity contribution is 5.08. The highest BCUT2D eigenvalue weighted by Crippen LogP contribution is 2.39. The van der Waals surface area contributed by atoms with E-state index in [-0.39, 0.29) is 0 Å². The van der Waals surface area contributed by atoms with E-state index in [1.165, 1.54) is 37.7 Å². The molecule has 0 amide bonds. The molecule has 0 aromatic heterocycles. The van der Waals surface area contributed by atoms with E-state index in [0.717, 1.165) is 26.1 Å². The lowest BCUT2D eigenvalue weighted by Crippen LogP contribution is -2.60. The Morgan fingerprint density at radius 3 is 2.21 bits per heavy atom. The largest absolute Gasteiger partial charge is 0.312 e. The Morgan fingerprint density at radius 2 is 1.79 bits per heavy atom. The van der Waals surface area contributed by atoms with E-state index in [0.29, 0.717) is 11.6 Å². The molecule has 1 N–H and O–H groups in total. The summed E-state index contributed by atoms with van der Waals surface area (Å²) in [4.78, 5) is 2.70. The quantitative estimate of drug-likeness (QED) is 0.635. The summed E-state index contributed by atoms with van der Waals surface area (Å²) in [6.07, 6.45) is 7.80. The molecule has 1 atom stereocenters. The Labute approximate surface area is 120 Å². The van der Waals surface area contributed by atoms with Gasteiger partial charge in [-0.05, 0) is 52.2 Å². The Kier molecular flexibility index (Phi) is 7.09. The van der Waals surface area contributed by atoms with E-state index in [4.69, 9.17) is 0 Å². The number of nitrogens with zero attached hydrogens (tertiary/aromatic N) is 1. The van der Waals surface area contributed by atoms with Crippen LogP contribution < -0.4 is 5.32 Å². The minimum absolute atomic E-state index is 0.373. The predicted molar refractivity (Wildman–Crippen MR) is 85.6 cm³/mol. The third-order valence-electron chi connectivity index (χ3n) is 4.70. The molecule has 0 aromatic carbocycles. The summed E-state index contributed by atoms with van der Waals surface area (Å²) in [5, 5.41) is 3.83. The topological polar surface area (TPSA) is 15.3 Å². The maximum Gasteiger partial charge on any atom is 0.0365 e. The van der Waals surface area contributed by atoms with Gasteiger partial charge in [-0.3, -0.25) is 4.90 Å². The van der Waals surface area contributed by atoms with Crippen molar-refractivity contribution in [3.63, 3.8) is 0 Å². The molecule has 0 aliphatic heterocycles. The SMILES string of the molecule is C=C(C)CC(NCCC)C1(N(CC)CC)CCCC1. The van der Waals surface area contributed by atoms with E-state index in [2.05, 4.69) is 44.5 Å². The zero-order valence-electron chi connectivity index (χ0n) is 13.6. The number of likely N-dealkylation sites (N-methyl/N-ethyl adjacent to an activating group) is 1. The average molecular weight is 266 g/mol. The number of hydrogen-bond acceptors (Lipinski definition) is 2. The fourth-order valence-electron chi connectivity index (χ4n) is 3.84.